The highest BCUT2D eigenvalue weighted by Crippen LogP contribution is 2.32. The summed E-state index contributed by atoms with van der Waals surface area (Å²) in [7, 11) is 1.65. The maximum atomic E-state index is 12.1. The van der Waals surface area contributed by atoms with Crippen LogP contribution in [-0.2, 0) is 4.79 Å². The smallest absolute Gasteiger partial charge is 0.264 e. The predicted molar refractivity (Wildman–Crippen MR) is 104 cm³/mol. The van der Waals surface area contributed by atoms with Crippen LogP contribution in [0.3, 0.4) is 0 Å². The minimum Gasteiger partial charge on any atom is -0.496 e. The lowest BCUT2D eigenvalue weighted by Crippen LogP contribution is -2.20. The molecule has 0 bridgehead atoms. The summed E-state index contributed by atoms with van der Waals surface area (Å²) >= 11 is 1.45. The maximum Gasteiger partial charge on any atom is 0.264 e. The zero-order valence-corrected chi connectivity index (χ0v) is 15.7. The predicted octanol–water partition coefficient (Wildman–Crippen LogP) is 4.45. The van der Waals surface area contributed by atoms with Gasteiger partial charge in [-0.1, -0.05) is 18.2 Å². The molecule has 0 saturated heterocycles. The fraction of sp³-hybridized carbons (Fsp3) is 0.200. The van der Waals surface area contributed by atoms with E-state index >= 15 is 0 Å². The number of benzene rings is 2. The molecule has 0 saturated carbocycles. The summed E-state index contributed by atoms with van der Waals surface area (Å²) < 4.78 is 10.8. The first-order valence-corrected chi connectivity index (χ1v) is 8.98. The number of carbonyl (C=O) groups is 1. The van der Waals surface area contributed by atoms with Gasteiger partial charge in [0.25, 0.3) is 5.91 Å². The number of methoxy groups -OCH3 is 1. The van der Waals surface area contributed by atoms with Crippen LogP contribution in [0.1, 0.15) is 10.4 Å². The van der Waals surface area contributed by atoms with Crippen molar-refractivity contribution in [3.63, 3.8) is 0 Å². The van der Waals surface area contributed by atoms with E-state index in [0.717, 1.165) is 27.4 Å². The lowest BCUT2D eigenvalue weighted by atomic mass is 10.1. The van der Waals surface area contributed by atoms with Gasteiger partial charge in [0.15, 0.2) is 11.7 Å². The molecular formula is C20H20N2O3S. The number of hydrogen-bond acceptors (Lipinski definition) is 5. The number of nitrogens with one attached hydrogen (secondary N) is 1. The number of carbonyl (C=O) groups excluding carboxylic acids is 1. The van der Waals surface area contributed by atoms with Crippen molar-refractivity contribution >= 4 is 22.4 Å². The highest BCUT2D eigenvalue weighted by Gasteiger charge is 2.13. The summed E-state index contributed by atoms with van der Waals surface area (Å²) in [4.78, 5) is 17.7. The maximum absolute atomic E-state index is 12.1. The van der Waals surface area contributed by atoms with Gasteiger partial charge in [-0.2, -0.15) is 0 Å². The van der Waals surface area contributed by atoms with Crippen molar-refractivity contribution in [2.24, 2.45) is 0 Å². The summed E-state index contributed by atoms with van der Waals surface area (Å²) in [5.41, 5.74) is 2.90. The van der Waals surface area contributed by atoms with Crippen molar-refractivity contribution in [3.8, 4) is 22.8 Å². The largest absolute Gasteiger partial charge is 0.496 e. The summed E-state index contributed by atoms with van der Waals surface area (Å²) in [5, 5.41) is 3.36. The number of hydrogen-bond donors (Lipinski definition) is 1. The molecule has 0 atom stereocenters. The molecular weight excluding hydrogens is 348 g/mol. The topological polar surface area (TPSA) is 60.5 Å². The minimum absolute atomic E-state index is 0.0559. The van der Waals surface area contributed by atoms with E-state index in [2.05, 4.69) is 10.3 Å². The van der Waals surface area contributed by atoms with Crippen LogP contribution in [0.4, 0.5) is 5.13 Å². The van der Waals surface area contributed by atoms with E-state index in [1.54, 1.807) is 7.11 Å². The summed E-state index contributed by atoms with van der Waals surface area (Å²) in [6.07, 6.45) is 0. The van der Waals surface area contributed by atoms with Crippen molar-refractivity contribution in [1.82, 2.24) is 4.98 Å². The third-order valence-electron chi connectivity index (χ3n) is 3.82. The van der Waals surface area contributed by atoms with Crippen LogP contribution in [-0.4, -0.2) is 24.6 Å². The Labute approximate surface area is 156 Å². The minimum atomic E-state index is -0.236. The van der Waals surface area contributed by atoms with Gasteiger partial charge in [0.2, 0.25) is 0 Å². The number of para-hydroxylation sites is 1. The van der Waals surface area contributed by atoms with E-state index < -0.39 is 0 Å². The average Bonchev–Trinajstić information content (AvgIpc) is 3.01. The Morgan fingerprint density at radius 2 is 1.92 bits per heavy atom. The Morgan fingerprint density at radius 1 is 1.15 bits per heavy atom. The number of aryl methyl sites for hydroxylation is 2. The quantitative estimate of drug-likeness (QED) is 0.698. The Hall–Kier alpha value is -2.86. The molecule has 0 radical (unpaired) electrons. The van der Waals surface area contributed by atoms with Gasteiger partial charge in [-0.25, -0.2) is 4.98 Å². The molecule has 0 aliphatic carbocycles. The second-order valence-corrected chi connectivity index (χ2v) is 6.96. The molecule has 2 aromatic carbocycles. The molecule has 26 heavy (non-hydrogen) atoms. The molecule has 3 aromatic rings. The van der Waals surface area contributed by atoms with E-state index in [-0.39, 0.29) is 12.5 Å². The van der Waals surface area contributed by atoms with Crippen LogP contribution >= 0.6 is 11.3 Å². The van der Waals surface area contributed by atoms with Gasteiger partial charge < -0.3 is 9.47 Å². The molecule has 1 amide bonds. The number of nitrogens with zero attached hydrogens (tertiary/aromatic N) is 1. The van der Waals surface area contributed by atoms with Crippen molar-refractivity contribution in [3.05, 3.63) is 59.0 Å². The molecule has 0 fully saturated rings. The summed E-state index contributed by atoms with van der Waals surface area (Å²) in [6.45, 7) is 3.93. The first kappa shape index (κ1) is 17.9. The lowest BCUT2D eigenvalue weighted by molar-refractivity contribution is -0.118. The number of ether oxygens (including phenoxy) is 2. The molecule has 1 aromatic heterocycles. The van der Waals surface area contributed by atoms with Gasteiger partial charge >= 0.3 is 0 Å². The van der Waals surface area contributed by atoms with E-state index in [0.29, 0.717) is 10.9 Å². The zero-order chi connectivity index (χ0) is 18.5. The fourth-order valence-electron chi connectivity index (χ4n) is 2.56. The van der Waals surface area contributed by atoms with Gasteiger partial charge in [0.05, 0.1) is 12.8 Å². The number of anilines is 1. The van der Waals surface area contributed by atoms with E-state index in [1.807, 2.05) is 62.4 Å². The third-order valence-corrected chi connectivity index (χ3v) is 4.71. The second kappa shape index (κ2) is 8.01. The van der Waals surface area contributed by atoms with Gasteiger partial charge in [0.1, 0.15) is 11.5 Å². The second-order valence-electron chi connectivity index (χ2n) is 5.76. The summed E-state index contributed by atoms with van der Waals surface area (Å²) in [5.74, 6) is 1.26. The number of thiazole rings is 1. The van der Waals surface area contributed by atoms with Crippen LogP contribution in [0.2, 0.25) is 0 Å². The van der Waals surface area contributed by atoms with Crippen molar-refractivity contribution in [2.45, 2.75) is 13.8 Å². The van der Waals surface area contributed by atoms with Crippen LogP contribution in [0.15, 0.2) is 48.5 Å². The molecule has 0 spiro atoms. The SMILES string of the molecule is COc1ccc(-c2nc(NC(=O)COc3ccccc3)sc2C)cc1C. The van der Waals surface area contributed by atoms with Crippen LogP contribution in [0.5, 0.6) is 11.5 Å². The molecule has 0 unspecified atom stereocenters. The standard InChI is InChI=1S/C20H20N2O3S/c1-13-11-15(9-10-17(13)24-3)19-14(2)26-20(22-19)21-18(23)12-25-16-7-5-4-6-8-16/h4-11H,12H2,1-3H3,(H,21,22,23). The molecule has 134 valence electrons. The first-order valence-electron chi connectivity index (χ1n) is 8.17. The normalized spacial score (nSPS) is 10.4. The molecule has 3 rings (SSSR count). The summed E-state index contributed by atoms with van der Waals surface area (Å²) in [6, 6.07) is 15.2. The highest BCUT2D eigenvalue weighted by atomic mass is 32.1. The first-order chi connectivity index (χ1) is 12.6. The Balaban J connectivity index is 1.68. The highest BCUT2D eigenvalue weighted by molar-refractivity contribution is 7.16. The van der Waals surface area contributed by atoms with E-state index in [1.165, 1.54) is 11.3 Å². The Kier molecular flexibility index (Phi) is 5.53. The zero-order valence-electron chi connectivity index (χ0n) is 14.9. The number of amides is 1. The molecule has 5 nitrogen and oxygen atoms in total. The van der Waals surface area contributed by atoms with Crippen molar-refractivity contribution in [1.29, 1.82) is 0 Å². The van der Waals surface area contributed by atoms with Crippen LogP contribution in [0.25, 0.3) is 11.3 Å². The fourth-order valence-corrected chi connectivity index (χ4v) is 3.42. The van der Waals surface area contributed by atoms with Gasteiger partial charge in [-0.15, -0.1) is 11.3 Å². The third kappa shape index (κ3) is 4.21. The number of aromatic nitrogens is 1. The van der Waals surface area contributed by atoms with Gasteiger partial charge in [0, 0.05) is 10.4 Å². The molecule has 1 heterocycles. The molecule has 1 N–H and O–H groups in total. The van der Waals surface area contributed by atoms with E-state index in [4.69, 9.17) is 9.47 Å². The Bertz CT molecular complexity index is 907. The molecule has 0 aliphatic heterocycles. The van der Waals surface area contributed by atoms with Gasteiger partial charge in [-0.3, -0.25) is 10.1 Å². The van der Waals surface area contributed by atoms with Crippen LogP contribution < -0.4 is 14.8 Å². The monoisotopic (exact) mass is 368 g/mol. The Morgan fingerprint density at radius 3 is 2.62 bits per heavy atom. The average molecular weight is 368 g/mol. The van der Waals surface area contributed by atoms with Gasteiger partial charge in [-0.05, 0) is 49.7 Å². The molecule has 0 aliphatic rings. The van der Waals surface area contributed by atoms with Crippen molar-refractivity contribution < 1.29 is 14.3 Å². The van der Waals surface area contributed by atoms with Crippen LogP contribution in [0, 0.1) is 13.8 Å². The molecule has 6 heteroatoms. The van der Waals surface area contributed by atoms with Crippen molar-refractivity contribution in [2.75, 3.05) is 19.0 Å². The number of rotatable bonds is 6. The lowest BCUT2D eigenvalue weighted by Gasteiger charge is -2.06. The van der Waals surface area contributed by atoms with E-state index in [9.17, 15) is 4.79 Å².